The summed E-state index contributed by atoms with van der Waals surface area (Å²) in [6.07, 6.45) is -1.60. The number of likely N-dealkylation sites (N-methyl/N-ethyl adjacent to an activating group) is 2. The molecule has 2 aromatic heterocycles. The van der Waals surface area contributed by atoms with Crippen LogP contribution in [0.1, 0.15) is 44.2 Å². The van der Waals surface area contributed by atoms with Crippen LogP contribution in [0.4, 0.5) is 32.8 Å². The number of carbonyl (C=O) groups is 1. The van der Waals surface area contributed by atoms with Gasteiger partial charge in [-0.15, -0.1) is 11.3 Å². The number of amides is 1. The number of carbonyl (C=O) groups excluding carboxylic acids is 1. The number of nitriles is 1. The number of rotatable bonds is 8. The summed E-state index contributed by atoms with van der Waals surface area (Å²) in [4.78, 5) is 26.8. The number of likely N-dealkylation sites (tertiary alicyclic amines) is 2. The first kappa shape index (κ1) is 34.3. The average molecular weight is 700 g/mol. The topological polar surface area (TPSA) is 112 Å². The Morgan fingerprint density at radius 2 is 2.02 bits per heavy atom. The van der Waals surface area contributed by atoms with Gasteiger partial charge in [0.2, 0.25) is 5.91 Å². The molecule has 0 bridgehead atoms. The number of thiophene rings is 1. The molecule has 2 aliphatic rings. The summed E-state index contributed by atoms with van der Waals surface area (Å²) >= 11 is 0.695. The van der Waals surface area contributed by atoms with Gasteiger partial charge in [0.25, 0.3) is 0 Å². The molecule has 9 nitrogen and oxygen atoms in total. The zero-order valence-electron chi connectivity index (χ0n) is 27.1. The lowest BCUT2D eigenvalue weighted by atomic mass is 9.92. The lowest BCUT2D eigenvalue weighted by Crippen LogP contribution is -2.43. The molecule has 0 aliphatic carbocycles. The quantitative estimate of drug-likeness (QED) is 0.159. The third-order valence-corrected chi connectivity index (χ3v) is 10.7. The molecular formula is C34H34F5N7O2S. The average Bonchev–Trinajstić information content (AvgIpc) is 3.79. The van der Waals surface area contributed by atoms with Crippen molar-refractivity contribution in [2.75, 3.05) is 43.9 Å². The van der Waals surface area contributed by atoms with Crippen molar-refractivity contribution in [3.8, 4) is 23.2 Å². The van der Waals surface area contributed by atoms with Crippen molar-refractivity contribution < 1.29 is 31.5 Å². The Balaban J connectivity index is 1.59. The highest BCUT2D eigenvalue weighted by atomic mass is 32.1. The standard InChI is InChI=1S/C34H34F5N7O2S/c1-5-25(47)46-13-11-24(17(46)3)44(4)32-20-14-22(34(37,38)39)27(19-9-10-23(35)30-26(19)21(15-40)31(41)49-30)28(36)29(20)42-33(43-32)48-16-18-8-7-12-45(18)6-2/h5,9-10,14,17-18,24H,1,6-8,11-13,16,41H2,2-4H3/t17-,18-,24+/m0/s1. The fourth-order valence-electron chi connectivity index (χ4n) is 7.22. The molecule has 6 rings (SSSR count). The SMILES string of the molecule is C=CC(=O)N1CC[C@@H](N(C)c2nc(OC[C@@H]3CCCN3CC)nc3c(F)c(-c4ccc(F)c5sc(N)c(C#N)c45)c(C(F)(F)F)cc23)[C@@H]1C. The van der Waals surface area contributed by atoms with Crippen molar-refractivity contribution in [2.45, 2.75) is 57.4 Å². The van der Waals surface area contributed by atoms with Gasteiger partial charge in [-0.05, 0) is 63.0 Å². The number of ether oxygens (including phenoxy) is 1. The Hall–Kier alpha value is -4.55. The molecule has 0 unspecified atom stereocenters. The van der Waals surface area contributed by atoms with E-state index >= 15 is 4.39 Å². The van der Waals surface area contributed by atoms with Crippen molar-refractivity contribution >= 4 is 49.1 Å². The van der Waals surface area contributed by atoms with Crippen molar-refractivity contribution in [3.63, 3.8) is 0 Å². The molecule has 2 N–H and O–H groups in total. The van der Waals surface area contributed by atoms with Crippen molar-refractivity contribution in [1.82, 2.24) is 19.8 Å². The molecule has 4 heterocycles. The molecule has 2 fully saturated rings. The fourth-order valence-corrected chi connectivity index (χ4v) is 8.17. The van der Waals surface area contributed by atoms with E-state index < -0.39 is 40.5 Å². The monoisotopic (exact) mass is 699 g/mol. The number of hydrogen-bond acceptors (Lipinski definition) is 9. The number of nitrogens with zero attached hydrogens (tertiary/aromatic N) is 6. The first-order valence-corrected chi connectivity index (χ1v) is 16.7. The summed E-state index contributed by atoms with van der Waals surface area (Å²) < 4.78 is 82.7. The molecule has 258 valence electrons. The Kier molecular flexibility index (Phi) is 9.14. The van der Waals surface area contributed by atoms with Crippen molar-refractivity contribution in [1.29, 1.82) is 5.26 Å². The van der Waals surface area contributed by atoms with Crippen LogP contribution >= 0.6 is 11.3 Å². The van der Waals surface area contributed by atoms with Gasteiger partial charge in [0, 0.05) is 42.0 Å². The van der Waals surface area contributed by atoms with Gasteiger partial charge >= 0.3 is 12.2 Å². The maximum absolute atomic E-state index is 17.0. The highest BCUT2D eigenvalue weighted by Gasteiger charge is 2.40. The molecule has 0 spiro atoms. The normalized spacial score (nSPS) is 19.9. The first-order chi connectivity index (χ1) is 23.3. The Bertz CT molecular complexity index is 2010. The minimum absolute atomic E-state index is 0.0128. The third-order valence-electron chi connectivity index (χ3n) is 9.71. The largest absolute Gasteiger partial charge is 0.462 e. The smallest absolute Gasteiger partial charge is 0.417 e. The number of aromatic nitrogens is 2. The second-order valence-corrected chi connectivity index (χ2v) is 13.3. The van der Waals surface area contributed by atoms with E-state index in [0.717, 1.165) is 44.1 Å². The predicted octanol–water partition coefficient (Wildman–Crippen LogP) is 6.74. The van der Waals surface area contributed by atoms with Crippen LogP contribution in [0.25, 0.3) is 32.1 Å². The molecule has 0 radical (unpaired) electrons. The minimum Gasteiger partial charge on any atom is -0.462 e. The molecular weight excluding hydrogens is 665 g/mol. The van der Waals surface area contributed by atoms with E-state index in [4.69, 9.17) is 10.5 Å². The van der Waals surface area contributed by atoms with Crippen LogP contribution in [-0.4, -0.2) is 77.1 Å². The van der Waals surface area contributed by atoms with Crippen LogP contribution in [0.5, 0.6) is 6.01 Å². The molecule has 2 aromatic carbocycles. The fraction of sp³-hybridized carbons (Fsp3) is 0.412. The maximum atomic E-state index is 17.0. The van der Waals surface area contributed by atoms with E-state index in [1.807, 2.05) is 19.9 Å². The Morgan fingerprint density at radius 3 is 2.69 bits per heavy atom. The lowest BCUT2D eigenvalue weighted by Gasteiger charge is -2.32. The number of nitrogen functional groups attached to an aromatic ring is 1. The highest BCUT2D eigenvalue weighted by molar-refractivity contribution is 7.23. The summed E-state index contributed by atoms with van der Waals surface area (Å²) in [5.74, 6) is -2.45. The molecule has 15 heteroatoms. The summed E-state index contributed by atoms with van der Waals surface area (Å²) in [7, 11) is 1.63. The Labute approximate surface area is 283 Å². The number of halogens is 5. The molecule has 4 aromatic rings. The van der Waals surface area contributed by atoms with Gasteiger partial charge < -0.3 is 20.3 Å². The molecule has 2 aliphatic heterocycles. The van der Waals surface area contributed by atoms with E-state index in [-0.39, 0.29) is 68.0 Å². The van der Waals surface area contributed by atoms with Crippen LogP contribution in [0.15, 0.2) is 30.9 Å². The Morgan fingerprint density at radius 1 is 1.27 bits per heavy atom. The summed E-state index contributed by atoms with van der Waals surface area (Å²) in [5.41, 5.74) is 2.65. The molecule has 1 amide bonds. The second-order valence-electron chi connectivity index (χ2n) is 12.3. The minimum atomic E-state index is -5.09. The van der Waals surface area contributed by atoms with Gasteiger partial charge in [0.15, 0.2) is 5.82 Å². The molecule has 2 saturated heterocycles. The van der Waals surface area contributed by atoms with E-state index in [0.29, 0.717) is 24.3 Å². The van der Waals surface area contributed by atoms with Gasteiger partial charge in [-0.2, -0.15) is 28.4 Å². The maximum Gasteiger partial charge on any atom is 0.417 e. The van der Waals surface area contributed by atoms with Crippen LogP contribution in [0.3, 0.4) is 0 Å². The lowest BCUT2D eigenvalue weighted by molar-refractivity contribution is -0.137. The summed E-state index contributed by atoms with van der Waals surface area (Å²) in [6.45, 7) is 9.64. The molecule has 0 saturated carbocycles. The highest BCUT2D eigenvalue weighted by Crippen LogP contribution is 2.48. The zero-order valence-corrected chi connectivity index (χ0v) is 27.9. The number of alkyl halides is 3. The summed E-state index contributed by atoms with van der Waals surface area (Å²) in [5, 5.41) is 9.25. The van der Waals surface area contributed by atoms with E-state index in [9.17, 15) is 27.6 Å². The van der Waals surface area contributed by atoms with Crippen LogP contribution < -0.4 is 15.4 Å². The van der Waals surface area contributed by atoms with Gasteiger partial charge in [0.05, 0.1) is 21.9 Å². The molecule has 49 heavy (non-hydrogen) atoms. The predicted molar refractivity (Wildman–Crippen MR) is 178 cm³/mol. The first-order valence-electron chi connectivity index (χ1n) is 15.9. The van der Waals surface area contributed by atoms with E-state index in [1.54, 1.807) is 16.8 Å². The summed E-state index contributed by atoms with van der Waals surface area (Å²) in [6, 6.07) is 3.59. The van der Waals surface area contributed by atoms with Gasteiger partial charge in [-0.1, -0.05) is 19.6 Å². The van der Waals surface area contributed by atoms with Crippen molar-refractivity contribution in [3.05, 3.63) is 53.6 Å². The van der Waals surface area contributed by atoms with Crippen LogP contribution in [-0.2, 0) is 11.0 Å². The molecule has 3 atom stereocenters. The number of nitrogens with two attached hydrogens (primary N) is 1. The van der Waals surface area contributed by atoms with Gasteiger partial charge in [-0.25, -0.2) is 8.78 Å². The number of hydrogen-bond donors (Lipinski definition) is 1. The van der Waals surface area contributed by atoms with Gasteiger partial charge in [-0.3, -0.25) is 9.69 Å². The number of fused-ring (bicyclic) bond motifs is 2. The zero-order chi connectivity index (χ0) is 35.4. The van der Waals surface area contributed by atoms with Crippen molar-refractivity contribution in [2.24, 2.45) is 0 Å². The second kappa shape index (κ2) is 13.1. The van der Waals surface area contributed by atoms with E-state index in [2.05, 4.69) is 21.4 Å². The number of benzene rings is 2. The van der Waals surface area contributed by atoms with Crippen LogP contribution in [0.2, 0.25) is 0 Å². The van der Waals surface area contributed by atoms with Gasteiger partial charge in [0.1, 0.15) is 34.8 Å². The number of anilines is 2. The van der Waals surface area contributed by atoms with E-state index in [1.165, 1.54) is 6.08 Å². The third kappa shape index (κ3) is 5.90. The van der Waals surface area contributed by atoms with Crippen LogP contribution in [0, 0.1) is 23.0 Å².